The zero-order valence-electron chi connectivity index (χ0n) is 16.1. The number of aromatic nitrogens is 2. The number of benzene rings is 1. The Labute approximate surface area is 161 Å². The van der Waals surface area contributed by atoms with Gasteiger partial charge in [-0.25, -0.2) is 14.4 Å². The number of anilines is 1. The van der Waals surface area contributed by atoms with Crippen molar-refractivity contribution >= 4 is 5.95 Å². The lowest BCUT2D eigenvalue weighted by molar-refractivity contribution is -0.141. The van der Waals surface area contributed by atoms with E-state index in [1.54, 1.807) is 0 Å². The largest absolute Gasteiger partial charge is 0.433 e. The minimum atomic E-state index is -4.58. The summed E-state index contributed by atoms with van der Waals surface area (Å²) in [6.45, 7) is 7.25. The Morgan fingerprint density at radius 1 is 1.04 bits per heavy atom. The third-order valence-electron chi connectivity index (χ3n) is 5.82. The molecule has 0 spiro atoms. The van der Waals surface area contributed by atoms with E-state index in [2.05, 4.69) is 30.7 Å². The number of rotatable bonds is 2. The Hall–Kier alpha value is -2.18. The molecule has 2 aliphatic rings. The van der Waals surface area contributed by atoms with E-state index in [-0.39, 0.29) is 28.5 Å². The molecular weight excluding hydrogens is 370 g/mol. The molecule has 0 N–H and O–H groups in total. The van der Waals surface area contributed by atoms with Crippen molar-refractivity contribution in [2.45, 2.75) is 52.3 Å². The zero-order valence-corrected chi connectivity index (χ0v) is 16.1. The summed E-state index contributed by atoms with van der Waals surface area (Å²) in [5.41, 5.74) is -0.205. The van der Waals surface area contributed by atoms with Gasteiger partial charge in [-0.1, -0.05) is 20.8 Å². The second-order valence-electron chi connectivity index (χ2n) is 9.28. The van der Waals surface area contributed by atoms with Gasteiger partial charge in [-0.3, -0.25) is 0 Å². The fourth-order valence-electron chi connectivity index (χ4n) is 5.17. The average molecular weight is 393 g/mol. The van der Waals surface area contributed by atoms with Gasteiger partial charge in [-0.05, 0) is 60.4 Å². The Bertz CT molecular complexity index is 892. The maximum Gasteiger partial charge on any atom is 0.433 e. The normalized spacial score (nSPS) is 26.5. The highest BCUT2D eigenvalue weighted by Crippen LogP contribution is 2.53. The summed E-state index contributed by atoms with van der Waals surface area (Å²) in [5, 5.41) is 0. The molecule has 0 amide bonds. The first kappa shape index (κ1) is 19.2. The highest BCUT2D eigenvalue weighted by Gasteiger charge is 2.50. The van der Waals surface area contributed by atoms with Crippen LogP contribution in [0.5, 0.6) is 0 Å². The summed E-state index contributed by atoms with van der Waals surface area (Å²) in [7, 11) is 0. The number of nitrogens with zero attached hydrogens (tertiary/aromatic N) is 3. The number of alkyl halides is 3. The van der Waals surface area contributed by atoms with Crippen LogP contribution in [0.4, 0.5) is 23.5 Å². The van der Waals surface area contributed by atoms with Crippen LogP contribution >= 0.6 is 0 Å². The van der Waals surface area contributed by atoms with E-state index in [9.17, 15) is 17.6 Å². The van der Waals surface area contributed by atoms with Gasteiger partial charge in [0, 0.05) is 18.2 Å². The molecule has 1 saturated heterocycles. The number of halogens is 4. The van der Waals surface area contributed by atoms with Gasteiger partial charge < -0.3 is 4.90 Å². The van der Waals surface area contributed by atoms with Crippen LogP contribution in [0.3, 0.4) is 0 Å². The summed E-state index contributed by atoms with van der Waals surface area (Å²) in [6, 6.07) is 6.37. The second kappa shape index (κ2) is 6.16. The minimum absolute atomic E-state index is 0.0417. The summed E-state index contributed by atoms with van der Waals surface area (Å²) >= 11 is 0. The van der Waals surface area contributed by atoms with Gasteiger partial charge in [0.15, 0.2) is 5.69 Å². The second-order valence-corrected chi connectivity index (χ2v) is 9.28. The predicted molar refractivity (Wildman–Crippen MR) is 99.3 cm³/mol. The van der Waals surface area contributed by atoms with Crippen molar-refractivity contribution < 1.29 is 17.6 Å². The van der Waals surface area contributed by atoms with E-state index in [0.717, 1.165) is 25.3 Å². The summed E-state index contributed by atoms with van der Waals surface area (Å²) in [6.07, 6.45) is -1.72. The third kappa shape index (κ3) is 3.59. The first-order valence-electron chi connectivity index (χ1n) is 9.43. The molecule has 1 aromatic heterocycles. The fourth-order valence-corrected chi connectivity index (χ4v) is 5.17. The Morgan fingerprint density at radius 3 is 2.36 bits per heavy atom. The van der Waals surface area contributed by atoms with Crippen LogP contribution in [0.2, 0.25) is 0 Å². The molecule has 0 radical (unpaired) electrons. The number of hydrogen-bond donors (Lipinski definition) is 0. The van der Waals surface area contributed by atoms with Crippen molar-refractivity contribution in [1.29, 1.82) is 0 Å². The minimum Gasteiger partial charge on any atom is -0.337 e. The quantitative estimate of drug-likeness (QED) is 0.612. The molecule has 2 atom stereocenters. The zero-order chi connectivity index (χ0) is 20.3. The smallest absolute Gasteiger partial charge is 0.337 e. The highest BCUT2D eigenvalue weighted by molar-refractivity contribution is 5.61. The van der Waals surface area contributed by atoms with Gasteiger partial charge in [0.05, 0.1) is 5.69 Å². The van der Waals surface area contributed by atoms with Crippen LogP contribution in [0, 0.1) is 16.6 Å². The van der Waals surface area contributed by atoms with E-state index < -0.39 is 17.7 Å². The van der Waals surface area contributed by atoms with E-state index >= 15 is 0 Å². The van der Waals surface area contributed by atoms with Crippen LogP contribution in [0.15, 0.2) is 30.3 Å². The molecule has 2 unspecified atom stereocenters. The molecule has 7 heteroatoms. The van der Waals surface area contributed by atoms with Gasteiger partial charge in [0.1, 0.15) is 5.82 Å². The fraction of sp³-hybridized carbons (Fsp3) is 0.524. The van der Waals surface area contributed by atoms with Crippen LogP contribution < -0.4 is 4.90 Å². The summed E-state index contributed by atoms with van der Waals surface area (Å²) in [5.74, 6) is -0.335. The predicted octanol–water partition coefficient (Wildman–Crippen LogP) is 5.71. The van der Waals surface area contributed by atoms with Gasteiger partial charge in [0.25, 0.3) is 0 Å². The molecular formula is C21H23F4N3. The SMILES string of the molecule is CC1(C)CC2CC(C)(CN2c2nc(-c3ccc(F)cc3)cc(C(F)(F)F)n2)C1. The van der Waals surface area contributed by atoms with E-state index in [0.29, 0.717) is 12.1 Å². The molecule has 2 bridgehead atoms. The molecule has 2 aromatic rings. The Kier molecular flexibility index (Phi) is 4.21. The molecule has 1 aliphatic heterocycles. The van der Waals surface area contributed by atoms with Crippen LogP contribution in [0.25, 0.3) is 11.3 Å². The van der Waals surface area contributed by atoms with E-state index in [1.165, 1.54) is 24.3 Å². The Morgan fingerprint density at radius 2 is 1.71 bits per heavy atom. The van der Waals surface area contributed by atoms with Crippen molar-refractivity contribution in [2.75, 3.05) is 11.4 Å². The lowest BCUT2D eigenvalue weighted by Gasteiger charge is -2.39. The molecule has 1 saturated carbocycles. The monoisotopic (exact) mass is 393 g/mol. The first-order valence-corrected chi connectivity index (χ1v) is 9.43. The molecule has 2 heterocycles. The van der Waals surface area contributed by atoms with Crippen LogP contribution in [-0.4, -0.2) is 22.6 Å². The topological polar surface area (TPSA) is 29.0 Å². The molecule has 1 aliphatic carbocycles. The van der Waals surface area contributed by atoms with Crippen molar-refractivity contribution in [1.82, 2.24) is 9.97 Å². The molecule has 28 heavy (non-hydrogen) atoms. The van der Waals surface area contributed by atoms with Crippen LogP contribution in [-0.2, 0) is 6.18 Å². The molecule has 3 nitrogen and oxygen atoms in total. The number of fused-ring (bicyclic) bond motifs is 2. The van der Waals surface area contributed by atoms with Crippen molar-refractivity contribution in [2.24, 2.45) is 10.8 Å². The van der Waals surface area contributed by atoms with Gasteiger partial charge in [-0.2, -0.15) is 13.2 Å². The lowest BCUT2D eigenvalue weighted by Crippen LogP contribution is -2.35. The molecule has 150 valence electrons. The number of hydrogen-bond acceptors (Lipinski definition) is 3. The van der Waals surface area contributed by atoms with Gasteiger partial charge in [0.2, 0.25) is 5.95 Å². The summed E-state index contributed by atoms with van der Waals surface area (Å²) in [4.78, 5) is 10.3. The maximum atomic E-state index is 13.5. The standard InChI is InChI=1S/C21H23F4N3/c1-19(2)9-15-10-20(3,11-19)12-28(15)18-26-16(8-17(27-18)21(23,24)25)13-4-6-14(22)7-5-13/h4-8,15H,9-12H2,1-3H3. The average Bonchev–Trinajstić information content (AvgIpc) is 2.83. The highest BCUT2D eigenvalue weighted by atomic mass is 19.4. The molecule has 1 aromatic carbocycles. The third-order valence-corrected chi connectivity index (χ3v) is 5.82. The maximum absolute atomic E-state index is 13.5. The van der Waals surface area contributed by atoms with Crippen LogP contribution in [0.1, 0.15) is 45.7 Å². The summed E-state index contributed by atoms with van der Waals surface area (Å²) < 4.78 is 53.8. The van der Waals surface area contributed by atoms with Crippen molar-refractivity contribution in [3.63, 3.8) is 0 Å². The van der Waals surface area contributed by atoms with Crippen molar-refractivity contribution in [3.05, 3.63) is 41.8 Å². The Balaban J connectivity index is 1.79. The lowest BCUT2D eigenvalue weighted by atomic mass is 9.65. The molecule has 2 fully saturated rings. The van der Waals surface area contributed by atoms with Crippen molar-refractivity contribution in [3.8, 4) is 11.3 Å². The van der Waals surface area contributed by atoms with E-state index in [1.807, 2.05) is 4.90 Å². The van der Waals surface area contributed by atoms with E-state index in [4.69, 9.17) is 0 Å². The van der Waals surface area contributed by atoms with Gasteiger partial charge >= 0.3 is 6.18 Å². The molecule has 4 rings (SSSR count). The van der Waals surface area contributed by atoms with Gasteiger partial charge in [-0.15, -0.1) is 0 Å². The first-order chi connectivity index (χ1) is 12.9.